The lowest BCUT2D eigenvalue weighted by Crippen LogP contribution is -2.34. The highest BCUT2D eigenvalue weighted by Gasteiger charge is 2.57. The van der Waals surface area contributed by atoms with Gasteiger partial charge in [-0.3, -0.25) is 4.79 Å². The number of benzene rings is 1. The van der Waals surface area contributed by atoms with Crippen molar-refractivity contribution in [2.75, 3.05) is 13.1 Å². The molecule has 1 aliphatic carbocycles. The average Bonchev–Trinajstić information content (AvgIpc) is 3.13. The average molecular weight is 272 g/mol. The molecule has 3 nitrogen and oxygen atoms in total. The van der Waals surface area contributed by atoms with Gasteiger partial charge in [-0.25, -0.2) is 0 Å². The van der Waals surface area contributed by atoms with E-state index >= 15 is 0 Å². The van der Waals surface area contributed by atoms with E-state index in [0.29, 0.717) is 5.41 Å². The predicted molar refractivity (Wildman–Crippen MR) is 80.4 cm³/mol. The summed E-state index contributed by atoms with van der Waals surface area (Å²) >= 11 is 0. The lowest BCUT2D eigenvalue weighted by atomic mass is 9.91. The molecule has 2 aliphatic rings. The first kappa shape index (κ1) is 13.6. The van der Waals surface area contributed by atoms with Crippen LogP contribution in [0.4, 0.5) is 0 Å². The normalized spacial score (nSPS) is 25.2. The number of rotatable bonds is 3. The van der Waals surface area contributed by atoms with Gasteiger partial charge in [0.15, 0.2) is 0 Å². The molecule has 0 radical (unpaired) electrons. The Balaban J connectivity index is 1.61. The van der Waals surface area contributed by atoms with Gasteiger partial charge in [0, 0.05) is 5.92 Å². The molecule has 3 rings (SSSR count). The topological polar surface area (TPSA) is 41.1 Å². The van der Waals surface area contributed by atoms with Crippen molar-refractivity contribution >= 4 is 5.91 Å². The van der Waals surface area contributed by atoms with E-state index in [9.17, 15) is 4.79 Å². The minimum atomic E-state index is 0.100. The van der Waals surface area contributed by atoms with Crippen LogP contribution in [0.25, 0.3) is 0 Å². The standard InChI is InChI=1S/C17H24N2O/c1-12-5-3-4-6-14(12)13(2)19-16(20)15-11-17(15)7-9-18-10-8-17/h3-6,13,15,18H,7-11H2,1-2H3,(H,19,20). The Morgan fingerprint density at radius 3 is 2.75 bits per heavy atom. The summed E-state index contributed by atoms with van der Waals surface area (Å²) in [7, 11) is 0. The van der Waals surface area contributed by atoms with Crippen molar-refractivity contribution in [1.82, 2.24) is 10.6 Å². The zero-order valence-electron chi connectivity index (χ0n) is 12.4. The fraction of sp³-hybridized carbons (Fsp3) is 0.588. The molecule has 2 unspecified atom stereocenters. The second-order valence-corrected chi connectivity index (χ2v) is 6.46. The number of amides is 1. The van der Waals surface area contributed by atoms with Gasteiger partial charge in [0.2, 0.25) is 5.91 Å². The van der Waals surface area contributed by atoms with Crippen molar-refractivity contribution in [2.24, 2.45) is 11.3 Å². The van der Waals surface area contributed by atoms with Crippen molar-refractivity contribution < 1.29 is 4.79 Å². The second-order valence-electron chi connectivity index (χ2n) is 6.46. The molecule has 1 aromatic carbocycles. The Labute approximate surface area is 121 Å². The molecule has 1 saturated carbocycles. The summed E-state index contributed by atoms with van der Waals surface area (Å²) in [5.74, 6) is 0.499. The third-order valence-corrected chi connectivity index (χ3v) is 5.12. The Morgan fingerprint density at radius 2 is 2.05 bits per heavy atom. The maximum Gasteiger partial charge on any atom is 0.224 e. The van der Waals surface area contributed by atoms with E-state index in [1.54, 1.807) is 0 Å². The molecule has 2 N–H and O–H groups in total. The minimum Gasteiger partial charge on any atom is -0.349 e. The van der Waals surface area contributed by atoms with Gasteiger partial charge in [-0.2, -0.15) is 0 Å². The van der Waals surface area contributed by atoms with Crippen molar-refractivity contribution in [2.45, 2.75) is 39.2 Å². The first-order valence-electron chi connectivity index (χ1n) is 7.69. The third-order valence-electron chi connectivity index (χ3n) is 5.12. The van der Waals surface area contributed by atoms with Crippen LogP contribution in [-0.2, 0) is 4.79 Å². The number of hydrogen-bond acceptors (Lipinski definition) is 2. The number of carbonyl (C=O) groups is 1. The van der Waals surface area contributed by atoms with Crippen LogP contribution in [0.1, 0.15) is 43.4 Å². The van der Waals surface area contributed by atoms with Gasteiger partial charge in [0.05, 0.1) is 6.04 Å². The number of piperidine rings is 1. The lowest BCUT2D eigenvalue weighted by molar-refractivity contribution is -0.123. The number of hydrogen-bond donors (Lipinski definition) is 2. The molecular formula is C17H24N2O. The zero-order valence-corrected chi connectivity index (χ0v) is 12.4. The van der Waals surface area contributed by atoms with Gasteiger partial charge in [-0.1, -0.05) is 24.3 Å². The van der Waals surface area contributed by atoms with Gasteiger partial charge in [-0.15, -0.1) is 0 Å². The van der Waals surface area contributed by atoms with Crippen LogP contribution in [0, 0.1) is 18.3 Å². The van der Waals surface area contributed by atoms with E-state index in [1.165, 1.54) is 11.1 Å². The summed E-state index contributed by atoms with van der Waals surface area (Å²) in [5, 5.41) is 6.59. The smallest absolute Gasteiger partial charge is 0.224 e. The van der Waals surface area contributed by atoms with Crippen LogP contribution >= 0.6 is 0 Å². The summed E-state index contributed by atoms with van der Waals surface area (Å²) in [4.78, 5) is 12.4. The van der Waals surface area contributed by atoms with Crippen LogP contribution < -0.4 is 10.6 Å². The summed E-state index contributed by atoms with van der Waals surface area (Å²) in [6.45, 7) is 6.31. The van der Waals surface area contributed by atoms with Crippen LogP contribution in [-0.4, -0.2) is 19.0 Å². The van der Waals surface area contributed by atoms with Gasteiger partial charge in [-0.05, 0) is 62.7 Å². The van der Waals surface area contributed by atoms with Crippen LogP contribution in [0.2, 0.25) is 0 Å². The summed E-state index contributed by atoms with van der Waals surface area (Å²) in [5.41, 5.74) is 2.79. The fourth-order valence-electron chi connectivity index (χ4n) is 3.66. The van der Waals surface area contributed by atoms with Crippen molar-refractivity contribution in [1.29, 1.82) is 0 Å². The SMILES string of the molecule is Cc1ccccc1C(C)NC(=O)C1CC12CCNCC2. The molecule has 1 heterocycles. The van der Waals surface area contributed by atoms with E-state index in [4.69, 9.17) is 0 Å². The Kier molecular flexibility index (Phi) is 3.55. The maximum atomic E-state index is 12.4. The monoisotopic (exact) mass is 272 g/mol. The Hall–Kier alpha value is -1.35. The summed E-state index contributed by atoms with van der Waals surface area (Å²) in [6.07, 6.45) is 3.40. The Bertz CT molecular complexity index is 505. The Morgan fingerprint density at radius 1 is 1.35 bits per heavy atom. The largest absolute Gasteiger partial charge is 0.349 e. The van der Waals surface area contributed by atoms with E-state index < -0.39 is 0 Å². The summed E-state index contributed by atoms with van der Waals surface area (Å²) in [6, 6.07) is 8.38. The highest BCUT2D eigenvalue weighted by molar-refractivity contribution is 5.83. The third kappa shape index (κ3) is 2.47. The van der Waals surface area contributed by atoms with Crippen LogP contribution in [0.3, 0.4) is 0 Å². The second kappa shape index (κ2) is 5.21. The molecule has 2 atom stereocenters. The highest BCUT2D eigenvalue weighted by Crippen LogP contribution is 2.58. The van der Waals surface area contributed by atoms with Crippen molar-refractivity contribution in [3.05, 3.63) is 35.4 Å². The molecule has 20 heavy (non-hydrogen) atoms. The first-order chi connectivity index (χ1) is 9.62. The fourth-order valence-corrected chi connectivity index (χ4v) is 3.66. The molecule has 1 amide bonds. The molecular weight excluding hydrogens is 248 g/mol. The molecule has 0 bridgehead atoms. The molecule has 3 heteroatoms. The van der Waals surface area contributed by atoms with Gasteiger partial charge in [0.1, 0.15) is 0 Å². The maximum absolute atomic E-state index is 12.4. The van der Waals surface area contributed by atoms with Gasteiger partial charge >= 0.3 is 0 Å². The van der Waals surface area contributed by atoms with Crippen LogP contribution in [0.5, 0.6) is 0 Å². The summed E-state index contributed by atoms with van der Waals surface area (Å²) < 4.78 is 0. The van der Waals surface area contributed by atoms with E-state index in [0.717, 1.165) is 32.4 Å². The van der Waals surface area contributed by atoms with Gasteiger partial charge in [0.25, 0.3) is 0 Å². The van der Waals surface area contributed by atoms with E-state index in [2.05, 4.69) is 36.6 Å². The lowest BCUT2D eigenvalue weighted by Gasteiger charge is -2.24. The number of carbonyl (C=O) groups excluding carboxylic acids is 1. The number of nitrogens with one attached hydrogen (secondary N) is 2. The quantitative estimate of drug-likeness (QED) is 0.888. The highest BCUT2D eigenvalue weighted by atomic mass is 16.2. The van der Waals surface area contributed by atoms with Crippen LogP contribution in [0.15, 0.2) is 24.3 Å². The van der Waals surface area contributed by atoms with Crippen molar-refractivity contribution in [3.63, 3.8) is 0 Å². The van der Waals surface area contributed by atoms with Crippen molar-refractivity contribution in [3.8, 4) is 0 Å². The minimum absolute atomic E-state index is 0.100. The first-order valence-corrected chi connectivity index (χ1v) is 7.69. The predicted octanol–water partition coefficient (Wildman–Crippen LogP) is 2.56. The number of aryl methyl sites for hydroxylation is 1. The molecule has 1 spiro atoms. The van der Waals surface area contributed by atoms with E-state index in [-0.39, 0.29) is 17.9 Å². The van der Waals surface area contributed by atoms with Gasteiger partial charge < -0.3 is 10.6 Å². The molecule has 1 aliphatic heterocycles. The molecule has 1 saturated heterocycles. The molecule has 1 aromatic rings. The molecule has 108 valence electrons. The van der Waals surface area contributed by atoms with E-state index in [1.807, 2.05) is 12.1 Å². The zero-order chi connectivity index (χ0) is 14.2. The molecule has 0 aromatic heterocycles. The molecule has 2 fully saturated rings.